The van der Waals surface area contributed by atoms with E-state index in [1.54, 1.807) is 7.11 Å². The van der Waals surface area contributed by atoms with Crippen molar-refractivity contribution in [2.75, 3.05) is 7.11 Å². The first-order chi connectivity index (χ1) is 13.6. The lowest BCUT2D eigenvalue weighted by Crippen LogP contribution is -2.31. The van der Waals surface area contributed by atoms with Crippen LogP contribution in [0.25, 0.3) is 16.7 Å². The molecule has 0 radical (unpaired) electrons. The average Bonchev–Trinajstić information content (AvgIpc) is 3.01. The first-order valence-electron chi connectivity index (χ1n) is 10.3. The predicted octanol–water partition coefficient (Wildman–Crippen LogP) is 5.77. The molecule has 4 rings (SSSR count). The van der Waals surface area contributed by atoms with Crippen molar-refractivity contribution in [3.63, 3.8) is 0 Å². The lowest BCUT2D eigenvalue weighted by Gasteiger charge is -2.34. The van der Waals surface area contributed by atoms with Crippen molar-refractivity contribution in [2.24, 2.45) is 0 Å². The molecule has 0 saturated carbocycles. The highest BCUT2D eigenvalue weighted by molar-refractivity contribution is 5.88. The summed E-state index contributed by atoms with van der Waals surface area (Å²) in [4.78, 5) is 0. The maximum absolute atomic E-state index is 12.1. The number of unbranched alkanes of at least 4 members (excludes halogenated alkanes) is 2. The molecule has 3 aromatic rings. The average molecular weight is 376 g/mol. The molecule has 0 spiro atoms. The molecule has 0 unspecified atom stereocenters. The van der Waals surface area contributed by atoms with Crippen LogP contribution in [0.5, 0.6) is 0 Å². The van der Waals surface area contributed by atoms with Gasteiger partial charge in [-0.3, -0.25) is 0 Å². The largest absolute Gasteiger partial charge is 0.496 e. The van der Waals surface area contributed by atoms with Crippen LogP contribution in [-0.4, -0.2) is 16.8 Å². The second kappa shape index (κ2) is 7.48. The van der Waals surface area contributed by atoms with Crippen molar-refractivity contribution < 1.29 is 9.84 Å². The minimum atomic E-state index is -1.06. The van der Waals surface area contributed by atoms with Crippen LogP contribution in [0, 0.1) is 6.92 Å². The first-order valence-corrected chi connectivity index (χ1v) is 10.3. The molecule has 1 N–H and O–H groups in total. The van der Waals surface area contributed by atoms with E-state index in [0.29, 0.717) is 6.42 Å². The lowest BCUT2D eigenvalue weighted by atomic mass is 9.76. The first kappa shape index (κ1) is 18.8. The third kappa shape index (κ3) is 2.85. The van der Waals surface area contributed by atoms with E-state index in [-0.39, 0.29) is 0 Å². The van der Waals surface area contributed by atoms with Crippen molar-refractivity contribution >= 4 is 16.7 Å². The van der Waals surface area contributed by atoms with Crippen molar-refractivity contribution in [2.45, 2.75) is 51.7 Å². The molecule has 28 heavy (non-hydrogen) atoms. The minimum absolute atomic E-state index is 0.511. The van der Waals surface area contributed by atoms with Gasteiger partial charge in [-0.1, -0.05) is 62.2 Å². The van der Waals surface area contributed by atoms with Gasteiger partial charge >= 0.3 is 0 Å². The van der Waals surface area contributed by atoms with Gasteiger partial charge in [0.05, 0.1) is 7.11 Å². The molecule has 3 heteroatoms. The molecule has 0 bridgehead atoms. The molecule has 1 aromatic heterocycles. The summed E-state index contributed by atoms with van der Waals surface area (Å²) in [5.41, 5.74) is 4.23. The molecule has 3 nitrogen and oxygen atoms in total. The summed E-state index contributed by atoms with van der Waals surface area (Å²) < 4.78 is 7.97. The van der Waals surface area contributed by atoms with Gasteiger partial charge in [-0.2, -0.15) is 0 Å². The van der Waals surface area contributed by atoms with Crippen molar-refractivity contribution in [1.29, 1.82) is 0 Å². The summed E-state index contributed by atoms with van der Waals surface area (Å²) >= 11 is 0. The highest BCUT2D eigenvalue weighted by atomic mass is 16.5. The fourth-order valence-electron chi connectivity index (χ4n) is 4.71. The Balaban J connectivity index is 1.92. The SMILES string of the molecule is CCCCCn1c(C)c([C@@]2(O)CC=C(OC)c3ccccc32)c2ccccc21. The van der Waals surface area contributed by atoms with Crippen molar-refractivity contribution in [1.82, 2.24) is 4.57 Å². The molecule has 1 heterocycles. The smallest absolute Gasteiger partial charge is 0.122 e. The van der Waals surface area contributed by atoms with E-state index in [4.69, 9.17) is 4.74 Å². The highest BCUT2D eigenvalue weighted by Crippen LogP contribution is 2.46. The van der Waals surface area contributed by atoms with Crippen LogP contribution >= 0.6 is 0 Å². The number of benzene rings is 2. The van der Waals surface area contributed by atoms with E-state index >= 15 is 0 Å². The number of methoxy groups -OCH3 is 1. The molecule has 0 amide bonds. The van der Waals surface area contributed by atoms with Crippen LogP contribution in [0.15, 0.2) is 54.6 Å². The Labute approximate surface area is 167 Å². The fourth-order valence-corrected chi connectivity index (χ4v) is 4.71. The van der Waals surface area contributed by atoms with E-state index < -0.39 is 5.60 Å². The summed E-state index contributed by atoms with van der Waals surface area (Å²) in [5, 5.41) is 13.2. The molecular formula is C25H29NO2. The van der Waals surface area contributed by atoms with Gasteiger partial charge < -0.3 is 14.4 Å². The van der Waals surface area contributed by atoms with Gasteiger partial charge in [-0.25, -0.2) is 0 Å². The van der Waals surface area contributed by atoms with Crippen LogP contribution < -0.4 is 0 Å². The van der Waals surface area contributed by atoms with E-state index in [1.807, 2.05) is 30.3 Å². The monoisotopic (exact) mass is 375 g/mol. The van der Waals surface area contributed by atoms with Gasteiger partial charge in [0.25, 0.3) is 0 Å². The third-order valence-corrected chi connectivity index (χ3v) is 6.07. The van der Waals surface area contributed by atoms with E-state index in [9.17, 15) is 5.11 Å². The summed E-state index contributed by atoms with van der Waals surface area (Å²) in [5.74, 6) is 0.838. The maximum atomic E-state index is 12.1. The van der Waals surface area contributed by atoms with Gasteiger partial charge in [-0.15, -0.1) is 0 Å². The molecule has 2 aromatic carbocycles. The quantitative estimate of drug-likeness (QED) is 0.555. The zero-order valence-electron chi connectivity index (χ0n) is 17.0. The van der Waals surface area contributed by atoms with Gasteiger partial charge in [0.1, 0.15) is 11.4 Å². The zero-order chi connectivity index (χ0) is 19.7. The summed E-state index contributed by atoms with van der Waals surface area (Å²) in [7, 11) is 1.69. The fraction of sp³-hybridized carbons (Fsp3) is 0.360. The molecule has 1 aliphatic rings. The Morgan fingerprint density at radius 1 is 1.07 bits per heavy atom. The van der Waals surface area contributed by atoms with Gasteiger partial charge in [0.15, 0.2) is 0 Å². The van der Waals surface area contributed by atoms with Crippen LogP contribution in [-0.2, 0) is 16.9 Å². The third-order valence-electron chi connectivity index (χ3n) is 6.07. The second-order valence-corrected chi connectivity index (χ2v) is 7.72. The van der Waals surface area contributed by atoms with Crippen molar-refractivity contribution in [3.8, 4) is 0 Å². The minimum Gasteiger partial charge on any atom is -0.496 e. The van der Waals surface area contributed by atoms with Crippen LogP contribution in [0.3, 0.4) is 0 Å². The van der Waals surface area contributed by atoms with Crippen molar-refractivity contribution in [3.05, 3.63) is 77.0 Å². The molecule has 0 fully saturated rings. The van der Waals surface area contributed by atoms with E-state index in [2.05, 4.69) is 42.7 Å². The summed E-state index contributed by atoms with van der Waals surface area (Å²) in [6.07, 6.45) is 6.10. The Bertz CT molecular complexity index is 1030. The number of nitrogens with zero attached hydrogens (tertiary/aromatic N) is 1. The molecular weight excluding hydrogens is 346 g/mol. The van der Waals surface area contributed by atoms with E-state index in [0.717, 1.165) is 46.5 Å². The van der Waals surface area contributed by atoms with Gasteiger partial charge in [0, 0.05) is 40.7 Å². The Morgan fingerprint density at radius 2 is 1.82 bits per heavy atom. The predicted molar refractivity (Wildman–Crippen MR) is 115 cm³/mol. The molecule has 1 atom stereocenters. The number of hydrogen-bond donors (Lipinski definition) is 1. The highest BCUT2D eigenvalue weighted by Gasteiger charge is 2.40. The Morgan fingerprint density at radius 3 is 2.61 bits per heavy atom. The summed E-state index contributed by atoms with van der Waals surface area (Å²) in [6.45, 7) is 5.36. The normalized spacial score (nSPS) is 18.8. The number of rotatable bonds is 6. The standard InChI is InChI=1S/C25H29NO2/c1-4-5-10-17-26-18(2)24(20-12-7-9-14-22(20)26)25(27)16-15-23(28-3)19-11-6-8-13-21(19)25/h6-9,11-15,27H,4-5,10,16-17H2,1-3H3/t25-/m1/s1. The lowest BCUT2D eigenvalue weighted by molar-refractivity contribution is 0.0814. The second-order valence-electron chi connectivity index (χ2n) is 7.72. The number of fused-ring (bicyclic) bond motifs is 2. The molecule has 1 aliphatic carbocycles. The number of ether oxygens (including phenoxy) is 1. The molecule has 146 valence electrons. The maximum Gasteiger partial charge on any atom is 0.122 e. The van der Waals surface area contributed by atoms with Gasteiger partial charge in [0.2, 0.25) is 0 Å². The number of aryl methyl sites for hydroxylation is 1. The van der Waals surface area contributed by atoms with Gasteiger partial charge in [-0.05, 0) is 31.1 Å². The zero-order valence-corrected chi connectivity index (χ0v) is 17.0. The molecule has 0 aliphatic heterocycles. The number of aliphatic hydroxyl groups is 1. The van der Waals surface area contributed by atoms with Crippen LogP contribution in [0.2, 0.25) is 0 Å². The topological polar surface area (TPSA) is 34.4 Å². The number of hydrogen-bond acceptors (Lipinski definition) is 2. The van der Waals surface area contributed by atoms with Crippen LogP contribution in [0.1, 0.15) is 55.0 Å². The number of para-hydroxylation sites is 1. The molecule has 0 saturated heterocycles. The number of aromatic nitrogens is 1. The van der Waals surface area contributed by atoms with E-state index in [1.165, 1.54) is 18.4 Å². The van der Waals surface area contributed by atoms with Crippen LogP contribution in [0.4, 0.5) is 0 Å². The Kier molecular flexibility index (Phi) is 5.03. The summed E-state index contributed by atoms with van der Waals surface area (Å²) in [6, 6.07) is 16.5. The Hall–Kier alpha value is -2.52.